The molecular formula is C20H22N2O2. The molecule has 1 amide bonds. The quantitative estimate of drug-likeness (QED) is 0.653. The molecule has 0 fully saturated rings. The topological polar surface area (TPSA) is 65.1 Å². The predicted molar refractivity (Wildman–Crippen MR) is 95.8 cm³/mol. The zero-order valence-electron chi connectivity index (χ0n) is 13.8. The number of rotatable bonds is 6. The van der Waals surface area contributed by atoms with E-state index >= 15 is 0 Å². The number of aryl methyl sites for hydroxylation is 1. The highest BCUT2D eigenvalue weighted by molar-refractivity contribution is 5.89. The summed E-state index contributed by atoms with van der Waals surface area (Å²) < 4.78 is 0. The van der Waals surface area contributed by atoms with Crippen LogP contribution < -0.4 is 5.32 Å². The molecule has 4 nitrogen and oxygen atoms in total. The lowest BCUT2D eigenvalue weighted by Gasteiger charge is -2.17. The molecule has 2 aromatic carbocycles. The first-order chi connectivity index (χ1) is 11.7. The van der Waals surface area contributed by atoms with Crippen LogP contribution in [0.4, 0.5) is 0 Å². The summed E-state index contributed by atoms with van der Waals surface area (Å²) in [4.78, 5) is 15.6. The molecule has 1 unspecified atom stereocenters. The van der Waals surface area contributed by atoms with E-state index in [2.05, 4.69) is 17.2 Å². The summed E-state index contributed by atoms with van der Waals surface area (Å²) in [5, 5.41) is 13.6. The normalized spacial score (nSPS) is 12.2. The first-order valence-electron chi connectivity index (χ1n) is 8.25. The van der Waals surface area contributed by atoms with Crippen molar-refractivity contribution in [1.82, 2.24) is 10.3 Å². The van der Waals surface area contributed by atoms with Crippen LogP contribution >= 0.6 is 0 Å². The lowest BCUT2D eigenvalue weighted by molar-refractivity contribution is -0.121. The molecule has 0 aliphatic rings. The monoisotopic (exact) mass is 322 g/mol. The Balaban J connectivity index is 1.70. The zero-order chi connectivity index (χ0) is 16.9. The van der Waals surface area contributed by atoms with E-state index in [1.807, 2.05) is 54.7 Å². The fourth-order valence-corrected chi connectivity index (χ4v) is 2.92. The number of aliphatic hydroxyl groups is 1. The van der Waals surface area contributed by atoms with E-state index in [9.17, 15) is 9.90 Å². The van der Waals surface area contributed by atoms with Crippen molar-refractivity contribution in [2.75, 3.05) is 6.61 Å². The van der Waals surface area contributed by atoms with Gasteiger partial charge in [-0.25, -0.2) is 0 Å². The van der Waals surface area contributed by atoms with E-state index in [1.54, 1.807) is 0 Å². The van der Waals surface area contributed by atoms with Gasteiger partial charge in [0.25, 0.3) is 0 Å². The Kier molecular flexibility index (Phi) is 4.96. The zero-order valence-corrected chi connectivity index (χ0v) is 13.8. The number of aromatic amines is 1. The van der Waals surface area contributed by atoms with Crippen LogP contribution in [0.15, 0.2) is 54.7 Å². The van der Waals surface area contributed by atoms with Crippen LogP contribution in [0.3, 0.4) is 0 Å². The average Bonchev–Trinajstić information content (AvgIpc) is 3.03. The molecular weight excluding hydrogens is 300 g/mol. The van der Waals surface area contributed by atoms with Gasteiger partial charge in [0.05, 0.1) is 19.1 Å². The van der Waals surface area contributed by atoms with Crippen molar-refractivity contribution in [3.63, 3.8) is 0 Å². The van der Waals surface area contributed by atoms with E-state index < -0.39 is 0 Å². The van der Waals surface area contributed by atoms with Crippen molar-refractivity contribution in [1.29, 1.82) is 0 Å². The van der Waals surface area contributed by atoms with Gasteiger partial charge in [0.2, 0.25) is 5.91 Å². The van der Waals surface area contributed by atoms with Crippen molar-refractivity contribution in [3.8, 4) is 0 Å². The van der Waals surface area contributed by atoms with Crippen LogP contribution in [0, 0.1) is 0 Å². The molecule has 3 rings (SSSR count). The molecule has 3 N–H and O–H groups in total. The van der Waals surface area contributed by atoms with Crippen LogP contribution in [0.1, 0.15) is 29.7 Å². The highest BCUT2D eigenvalue weighted by atomic mass is 16.3. The van der Waals surface area contributed by atoms with E-state index in [0.717, 1.165) is 28.5 Å². The maximum Gasteiger partial charge on any atom is 0.225 e. The van der Waals surface area contributed by atoms with E-state index in [0.29, 0.717) is 0 Å². The number of fused-ring (bicyclic) bond motifs is 1. The lowest BCUT2D eigenvalue weighted by Crippen LogP contribution is -2.31. The summed E-state index contributed by atoms with van der Waals surface area (Å²) in [5.74, 6) is -0.0987. The SMILES string of the molecule is CCc1ccc(C(CO)NC(=O)Cc2c[nH]c3ccccc23)cc1. The Morgan fingerprint density at radius 2 is 1.92 bits per heavy atom. The molecule has 0 aliphatic carbocycles. The van der Waals surface area contributed by atoms with Gasteiger partial charge in [-0.2, -0.15) is 0 Å². The number of para-hydroxylation sites is 1. The van der Waals surface area contributed by atoms with Crippen molar-refractivity contribution < 1.29 is 9.90 Å². The molecule has 0 radical (unpaired) electrons. The molecule has 3 aromatic rings. The van der Waals surface area contributed by atoms with Gasteiger partial charge in [-0.1, -0.05) is 49.4 Å². The molecule has 1 heterocycles. The Bertz CT molecular complexity index is 821. The number of aromatic nitrogens is 1. The highest BCUT2D eigenvalue weighted by Gasteiger charge is 2.15. The van der Waals surface area contributed by atoms with E-state index in [1.165, 1.54) is 5.56 Å². The molecule has 124 valence electrons. The maximum absolute atomic E-state index is 12.4. The third kappa shape index (κ3) is 3.49. The second-order valence-electron chi connectivity index (χ2n) is 5.93. The number of hydrogen-bond donors (Lipinski definition) is 3. The summed E-state index contributed by atoms with van der Waals surface area (Å²) in [5.41, 5.74) is 4.14. The molecule has 1 aromatic heterocycles. The van der Waals surface area contributed by atoms with Gasteiger partial charge in [0, 0.05) is 17.1 Å². The molecule has 0 saturated carbocycles. The van der Waals surface area contributed by atoms with Gasteiger partial charge >= 0.3 is 0 Å². The Morgan fingerprint density at radius 3 is 2.62 bits per heavy atom. The van der Waals surface area contributed by atoms with Crippen LogP contribution in [0.2, 0.25) is 0 Å². The second kappa shape index (κ2) is 7.32. The van der Waals surface area contributed by atoms with Crippen molar-refractivity contribution in [2.24, 2.45) is 0 Å². The Morgan fingerprint density at radius 1 is 1.17 bits per heavy atom. The Labute approximate surface area is 141 Å². The van der Waals surface area contributed by atoms with Gasteiger partial charge < -0.3 is 15.4 Å². The standard InChI is InChI=1S/C20H22N2O2/c1-2-14-7-9-15(10-8-14)19(13-23)22-20(24)11-16-12-21-18-6-4-3-5-17(16)18/h3-10,12,19,21,23H,2,11,13H2,1H3,(H,22,24). The fraction of sp³-hybridized carbons (Fsp3) is 0.250. The molecule has 0 bridgehead atoms. The average molecular weight is 322 g/mol. The number of nitrogens with one attached hydrogen (secondary N) is 2. The minimum absolute atomic E-state index is 0.0987. The van der Waals surface area contributed by atoms with Gasteiger partial charge in [-0.15, -0.1) is 0 Å². The first-order valence-corrected chi connectivity index (χ1v) is 8.25. The number of H-pyrrole nitrogens is 1. The van der Waals surface area contributed by atoms with Crippen LogP contribution in [0.25, 0.3) is 10.9 Å². The van der Waals surface area contributed by atoms with E-state index in [4.69, 9.17) is 0 Å². The minimum Gasteiger partial charge on any atom is -0.394 e. The number of carbonyl (C=O) groups is 1. The molecule has 0 saturated heterocycles. The molecule has 24 heavy (non-hydrogen) atoms. The van der Waals surface area contributed by atoms with Gasteiger partial charge in [0.15, 0.2) is 0 Å². The van der Waals surface area contributed by atoms with Gasteiger partial charge in [-0.3, -0.25) is 4.79 Å². The van der Waals surface area contributed by atoms with Crippen LogP contribution in [0.5, 0.6) is 0 Å². The fourth-order valence-electron chi connectivity index (χ4n) is 2.92. The maximum atomic E-state index is 12.4. The first kappa shape index (κ1) is 16.3. The van der Waals surface area contributed by atoms with Crippen molar-refractivity contribution in [2.45, 2.75) is 25.8 Å². The molecule has 0 spiro atoms. The lowest BCUT2D eigenvalue weighted by atomic mass is 10.0. The molecule has 0 aliphatic heterocycles. The molecule has 1 atom stereocenters. The third-order valence-corrected chi connectivity index (χ3v) is 4.33. The summed E-state index contributed by atoms with van der Waals surface area (Å²) in [6, 6.07) is 15.5. The van der Waals surface area contributed by atoms with Crippen LogP contribution in [-0.4, -0.2) is 22.6 Å². The van der Waals surface area contributed by atoms with Gasteiger partial charge in [-0.05, 0) is 29.2 Å². The number of benzene rings is 2. The van der Waals surface area contributed by atoms with E-state index in [-0.39, 0.29) is 25.0 Å². The molecule has 4 heteroatoms. The number of carbonyl (C=O) groups excluding carboxylic acids is 1. The predicted octanol–water partition coefficient (Wildman–Crippen LogP) is 3.12. The third-order valence-electron chi connectivity index (χ3n) is 4.33. The highest BCUT2D eigenvalue weighted by Crippen LogP contribution is 2.19. The van der Waals surface area contributed by atoms with Crippen molar-refractivity contribution in [3.05, 3.63) is 71.4 Å². The van der Waals surface area contributed by atoms with Crippen LogP contribution in [-0.2, 0) is 17.6 Å². The minimum atomic E-state index is -0.381. The summed E-state index contributed by atoms with van der Waals surface area (Å²) in [6.07, 6.45) is 3.12. The second-order valence-corrected chi connectivity index (χ2v) is 5.93. The summed E-state index contributed by atoms with van der Waals surface area (Å²) in [7, 11) is 0. The number of amides is 1. The number of hydrogen-bond acceptors (Lipinski definition) is 2. The number of aliphatic hydroxyl groups excluding tert-OH is 1. The summed E-state index contributed by atoms with van der Waals surface area (Å²) >= 11 is 0. The smallest absolute Gasteiger partial charge is 0.225 e. The largest absolute Gasteiger partial charge is 0.394 e. The van der Waals surface area contributed by atoms with Crippen molar-refractivity contribution >= 4 is 16.8 Å². The van der Waals surface area contributed by atoms with Gasteiger partial charge in [0.1, 0.15) is 0 Å². The summed E-state index contributed by atoms with van der Waals surface area (Å²) in [6.45, 7) is 1.98. The Hall–Kier alpha value is -2.59.